The van der Waals surface area contributed by atoms with E-state index in [-0.39, 0.29) is 12.4 Å². The number of oxime groups is 1. The summed E-state index contributed by atoms with van der Waals surface area (Å²) in [6, 6.07) is 14.5. The second-order valence-corrected chi connectivity index (χ2v) is 5.84. The van der Waals surface area contributed by atoms with Gasteiger partial charge in [0.2, 0.25) is 0 Å². The van der Waals surface area contributed by atoms with E-state index >= 15 is 0 Å². The highest BCUT2D eigenvalue weighted by atomic mass is 16.6. The first-order valence-electron chi connectivity index (χ1n) is 8.45. The van der Waals surface area contributed by atoms with Gasteiger partial charge in [-0.15, -0.1) is 0 Å². The number of rotatable bonds is 6. The molecule has 1 aromatic heterocycles. The molecule has 0 fully saturated rings. The number of carbonyl (C=O) groups excluding carboxylic acids is 2. The van der Waals surface area contributed by atoms with Crippen molar-refractivity contribution in [2.45, 2.75) is 6.92 Å². The molecular formula is C20H19N3O5. The van der Waals surface area contributed by atoms with Gasteiger partial charge in [0.15, 0.2) is 12.4 Å². The zero-order valence-electron chi connectivity index (χ0n) is 15.4. The maximum atomic E-state index is 12.2. The van der Waals surface area contributed by atoms with Crippen molar-refractivity contribution in [3.05, 3.63) is 65.4 Å². The van der Waals surface area contributed by atoms with Gasteiger partial charge >= 0.3 is 5.91 Å². The number of aryl methyl sites for hydroxylation is 1. The number of hydrogen-bond acceptors (Lipinski definition) is 6. The summed E-state index contributed by atoms with van der Waals surface area (Å²) in [5.74, 6) is -0.245. The van der Waals surface area contributed by atoms with Gasteiger partial charge in [-0.25, -0.2) is 0 Å². The molecule has 2 aromatic carbocycles. The molecule has 2 N–H and O–H groups in total. The highest BCUT2D eigenvalue weighted by molar-refractivity contribution is 5.99. The van der Waals surface area contributed by atoms with Crippen molar-refractivity contribution in [1.82, 2.24) is 10.9 Å². The number of methoxy groups -OCH3 is 1. The first-order valence-corrected chi connectivity index (χ1v) is 8.45. The Kier molecular flexibility index (Phi) is 5.91. The molecular weight excluding hydrogens is 362 g/mol. The zero-order chi connectivity index (χ0) is 19.9. The quantitative estimate of drug-likeness (QED) is 0.505. The number of carbonyl (C=O) groups is 2. The van der Waals surface area contributed by atoms with Gasteiger partial charge in [-0.2, -0.15) is 0 Å². The standard InChI is InChI=1S/C20H19N3O5/c1-13-16-5-3-4-6-17(16)28-19(13)20(25)23-22-18(24)12-27-21-11-14-7-9-15(26-2)10-8-14/h3-11H,12H2,1-2H3,(H,22,24)(H,23,25)/b21-11-. The van der Waals surface area contributed by atoms with Crippen molar-refractivity contribution < 1.29 is 23.6 Å². The Labute approximate surface area is 161 Å². The summed E-state index contributed by atoms with van der Waals surface area (Å²) < 4.78 is 10.6. The van der Waals surface area contributed by atoms with Crippen LogP contribution in [0.15, 0.2) is 58.1 Å². The van der Waals surface area contributed by atoms with E-state index in [9.17, 15) is 9.59 Å². The molecule has 0 aliphatic heterocycles. The number of benzene rings is 2. The molecule has 0 saturated carbocycles. The summed E-state index contributed by atoms with van der Waals surface area (Å²) in [5.41, 5.74) is 6.63. The fourth-order valence-electron chi connectivity index (χ4n) is 2.49. The lowest BCUT2D eigenvalue weighted by Gasteiger charge is -2.05. The van der Waals surface area contributed by atoms with Crippen LogP contribution in [0.3, 0.4) is 0 Å². The largest absolute Gasteiger partial charge is 0.497 e. The van der Waals surface area contributed by atoms with Gasteiger partial charge in [-0.1, -0.05) is 23.4 Å². The molecule has 0 aliphatic rings. The summed E-state index contributed by atoms with van der Waals surface area (Å²) >= 11 is 0. The minimum Gasteiger partial charge on any atom is -0.497 e. The van der Waals surface area contributed by atoms with E-state index < -0.39 is 11.8 Å². The van der Waals surface area contributed by atoms with Crippen LogP contribution in [-0.2, 0) is 9.63 Å². The predicted octanol–water partition coefficient (Wildman–Crippen LogP) is 2.56. The van der Waals surface area contributed by atoms with Gasteiger partial charge in [-0.05, 0) is 42.8 Å². The van der Waals surface area contributed by atoms with Gasteiger partial charge in [0, 0.05) is 10.9 Å². The maximum Gasteiger partial charge on any atom is 0.305 e. The first kappa shape index (κ1) is 19.0. The van der Waals surface area contributed by atoms with Crippen LogP contribution in [0.4, 0.5) is 0 Å². The molecule has 28 heavy (non-hydrogen) atoms. The Morgan fingerprint density at radius 3 is 2.57 bits per heavy atom. The van der Waals surface area contributed by atoms with Crippen molar-refractivity contribution in [2.75, 3.05) is 13.7 Å². The van der Waals surface area contributed by atoms with Crippen molar-refractivity contribution in [3.8, 4) is 5.75 Å². The van der Waals surface area contributed by atoms with Gasteiger partial charge in [0.05, 0.1) is 13.3 Å². The van der Waals surface area contributed by atoms with E-state index in [0.29, 0.717) is 11.1 Å². The van der Waals surface area contributed by atoms with Crippen molar-refractivity contribution in [1.29, 1.82) is 0 Å². The van der Waals surface area contributed by atoms with Crippen molar-refractivity contribution in [2.24, 2.45) is 5.16 Å². The number of para-hydroxylation sites is 1. The number of nitrogens with one attached hydrogen (secondary N) is 2. The minimum absolute atomic E-state index is 0.139. The normalized spacial score (nSPS) is 10.8. The van der Waals surface area contributed by atoms with Crippen LogP contribution >= 0.6 is 0 Å². The third-order valence-corrected chi connectivity index (χ3v) is 3.95. The molecule has 0 atom stereocenters. The molecule has 0 saturated heterocycles. The molecule has 0 bridgehead atoms. The molecule has 3 aromatic rings. The lowest BCUT2D eigenvalue weighted by molar-refractivity contribution is -0.126. The summed E-state index contributed by atoms with van der Waals surface area (Å²) in [6.45, 7) is 1.42. The Morgan fingerprint density at radius 1 is 1.11 bits per heavy atom. The monoisotopic (exact) mass is 381 g/mol. The molecule has 0 spiro atoms. The maximum absolute atomic E-state index is 12.2. The SMILES string of the molecule is COc1ccc(/C=N\OCC(=O)NNC(=O)c2oc3ccccc3c2C)cc1. The Morgan fingerprint density at radius 2 is 1.86 bits per heavy atom. The molecule has 0 unspecified atom stereocenters. The number of ether oxygens (including phenoxy) is 1. The number of hydrogen-bond donors (Lipinski definition) is 2. The smallest absolute Gasteiger partial charge is 0.305 e. The van der Waals surface area contributed by atoms with Crippen LogP contribution in [0.2, 0.25) is 0 Å². The van der Waals surface area contributed by atoms with Crippen molar-refractivity contribution in [3.63, 3.8) is 0 Å². The average Bonchev–Trinajstić information content (AvgIpc) is 3.07. The molecule has 8 nitrogen and oxygen atoms in total. The minimum atomic E-state index is -0.561. The number of furan rings is 1. The Bertz CT molecular complexity index is 1010. The van der Waals surface area contributed by atoms with Gasteiger partial charge < -0.3 is 14.0 Å². The third-order valence-electron chi connectivity index (χ3n) is 3.95. The zero-order valence-corrected chi connectivity index (χ0v) is 15.4. The lowest BCUT2D eigenvalue weighted by Crippen LogP contribution is -2.43. The molecule has 0 aliphatic carbocycles. The average molecular weight is 381 g/mol. The van der Waals surface area contributed by atoms with Crippen LogP contribution in [0.5, 0.6) is 5.75 Å². The highest BCUT2D eigenvalue weighted by Crippen LogP contribution is 2.24. The summed E-state index contributed by atoms with van der Waals surface area (Å²) in [4.78, 5) is 28.9. The van der Waals surface area contributed by atoms with E-state index in [1.807, 2.05) is 18.2 Å². The van der Waals surface area contributed by atoms with Crippen molar-refractivity contribution >= 4 is 29.0 Å². The van der Waals surface area contributed by atoms with Gasteiger partial charge in [-0.3, -0.25) is 20.4 Å². The lowest BCUT2D eigenvalue weighted by atomic mass is 10.1. The predicted molar refractivity (Wildman–Crippen MR) is 103 cm³/mol. The number of hydrazine groups is 1. The number of amides is 2. The van der Waals surface area contributed by atoms with E-state index in [0.717, 1.165) is 16.7 Å². The first-order chi connectivity index (χ1) is 13.6. The summed E-state index contributed by atoms with van der Waals surface area (Å²) in [6.07, 6.45) is 1.46. The number of nitrogens with zero attached hydrogens (tertiary/aromatic N) is 1. The van der Waals surface area contributed by atoms with E-state index in [4.69, 9.17) is 14.0 Å². The van der Waals surface area contributed by atoms with Crippen LogP contribution in [-0.4, -0.2) is 31.7 Å². The van der Waals surface area contributed by atoms with Crippen LogP contribution in [0.25, 0.3) is 11.0 Å². The topological polar surface area (TPSA) is 102 Å². The summed E-state index contributed by atoms with van der Waals surface area (Å²) in [7, 11) is 1.58. The van der Waals surface area contributed by atoms with E-state index in [2.05, 4.69) is 16.0 Å². The number of fused-ring (bicyclic) bond motifs is 1. The van der Waals surface area contributed by atoms with E-state index in [1.54, 1.807) is 44.4 Å². The van der Waals surface area contributed by atoms with Crippen LogP contribution in [0, 0.1) is 6.92 Å². The Hall–Kier alpha value is -3.81. The van der Waals surface area contributed by atoms with Gasteiger partial charge in [0.1, 0.15) is 11.3 Å². The van der Waals surface area contributed by atoms with Gasteiger partial charge in [0.25, 0.3) is 5.91 Å². The highest BCUT2D eigenvalue weighted by Gasteiger charge is 2.17. The molecule has 3 rings (SSSR count). The van der Waals surface area contributed by atoms with Crippen LogP contribution < -0.4 is 15.6 Å². The Balaban J connectivity index is 1.46. The molecule has 2 amide bonds. The molecule has 1 heterocycles. The fourth-order valence-corrected chi connectivity index (χ4v) is 2.49. The second kappa shape index (κ2) is 8.72. The summed E-state index contributed by atoms with van der Waals surface area (Å²) in [5, 5.41) is 4.55. The molecule has 0 radical (unpaired) electrons. The fraction of sp³-hybridized carbons (Fsp3) is 0.150. The van der Waals surface area contributed by atoms with Crippen LogP contribution in [0.1, 0.15) is 21.7 Å². The molecule has 144 valence electrons. The van der Waals surface area contributed by atoms with E-state index in [1.165, 1.54) is 6.21 Å². The third kappa shape index (κ3) is 4.47. The molecule has 8 heteroatoms. The second-order valence-electron chi connectivity index (χ2n) is 5.84.